The fraction of sp³-hybridized carbons (Fsp3) is 0.667. The average Bonchev–Trinajstić information content (AvgIpc) is 2.89. The molecule has 1 fully saturated rings. The highest BCUT2D eigenvalue weighted by molar-refractivity contribution is 5.09. The van der Waals surface area contributed by atoms with Gasteiger partial charge in [-0.15, -0.1) is 0 Å². The summed E-state index contributed by atoms with van der Waals surface area (Å²) in [5.74, 6) is 0. The molecule has 1 aliphatic rings. The lowest BCUT2D eigenvalue weighted by Crippen LogP contribution is -2.52. The maximum Gasteiger partial charge on any atom is 0.0358 e. The van der Waals surface area contributed by atoms with Crippen molar-refractivity contribution in [1.82, 2.24) is 9.88 Å². The monoisotopic (exact) mass is 207 g/mol. The minimum atomic E-state index is 0.126. The summed E-state index contributed by atoms with van der Waals surface area (Å²) in [7, 11) is 0. The minimum Gasteiger partial charge on any atom is -0.365 e. The van der Waals surface area contributed by atoms with Crippen LogP contribution in [-0.4, -0.2) is 35.1 Å². The van der Waals surface area contributed by atoms with E-state index in [0.29, 0.717) is 0 Å². The Morgan fingerprint density at radius 2 is 2.20 bits per heavy atom. The molecule has 3 N–H and O–H groups in total. The van der Waals surface area contributed by atoms with E-state index >= 15 is 0 Å². The number of nitrogens with zero attached hydrogens (tertiary/aromatic N) is 1. The molecule has 1 unspecified atom stereocenters. The van der Waals surface area contributed by atoms with Gasteiger partial charge in [0, 0.05) is 30.4 Å². The molecule has 0 bridgehead atoms. The highest BCUT2D eigenvalue weighted by atomic mass is 15.2. The summed E-state index contributed by atoms with van der Waals surface area (Å²) >= 11 is 0. The van der Waals surface area contributed by atoms with Crippen LogP contribution in [0.15, 0.2) is 18.3 Å². The molecular weight excluding hydrogens is 186 g/mol. The number of aromatic nitrogens is 1. The largest absolute Gasteiger partial charge is 0.365 e. The van der Waals surface area contributed by atoms with Crippen LogP contribution >= 0.6 is 0 Å². The topological polar surface area (TPSA) is 45.1 Å². The van der Waals surface area contributed by atoms with E-state index in [1.54, 1.807) is 0 Å². The summed E-state index contributed by atoms with van der Waals surface area (Å²) in [5, 5.41) is 0. The molecule has 3 heteroatoms. The lowest BCUT2D eigenvalue weighted by atomic mass is 9.94. The first kappa shape index (κ1) is 10.7. The average molecular weight is 207 g/mol. The summed E-state index contributed by atoms with van der Waals surface area (Å²) in [6.45, 7) is 5.41. The van der Waals surface area contributed by atoms with Gasteiger partial charge in [0.1, 0.15) is 0 Å². The Morgan fingerprint density at radius 3 is 2.73 bits per heavy atom. The van der Waals surface area contributed by atoms with Gasteiger partial charge in [-0.1, -0.05) is 0 Å². The van der Waals surface area contributed by atoms with Crippen LogP contribution in [0, 0.1) is 0 Å². The van der Waals surface area contributed by atoms with Gasteiger partial charge in [0.2, 0.25) is 0 Å². The Labute approximate surface area is 91.7 Å². The van der Waals surface area contributed by atoms with E-state index in [1.807, 2.05) is 6.20 Å². The van der Waals surface area contributed by atoms with Crippen molar-refractivity contribution < 1.29 is 0 Å². The molecule has 2 rings (SSSR count). The van der Waals surface area contributed by atoms with Crippen molar-refractivity contribution in [2.75, 3.05) is 19.6 Å². The summed E-state index contributed by atoms with van der Waals surface area (Å²) in [6, 6.07) is 4.19. The molecule has 84 valence electrons. The van der Waals surface area contributed by atoms with Gasteiger partial charge in [0.05, 0.1) is 0 Å². The van der Waals surface area contributed by atoms with Gasteiger partial charge in [-0.3, -0.25) is 4.90 Å². The number of H-pyrrole nitrogens is 1. The van der Waals surface area contributed by atoms with Crippen LogP contribution in [-0.2, 0) is 6.42 Å². The van der Waals surface area contributed by atoms with Gasteiger partial charge in [-0.25, -0.2) is 0 Å². The van der Waals surface area contributed by atoms with Crippen molar-refractivity contribution in [1.29, 1.82) is 0 Å². The summed E-state index contributed by atoms with van der Waals surface area (Å²) < 4.78 is 0. The van der Waals surface area contributed by atoms with E-state index in [1.165, 1.54) is 31.6 Å². The molecule has 0 spiro atoms. The number of rotatable bonds is 4. The highest BCUT2D eigenvalue weighted by Crippen LogP contribution is 2.23. The second-order valence-electron chi connectivity index (χ2n) is 4.77. The molecule has 2 heterocycles. The van der Waals surface area contributed by atoms with E-state index in [2.05, 4.69) is 28.9 Å². The van der Waals surface area contributed by atoms with Crippen LogP contribution in [0.2, 0.25) is 0 Å². The molecule has 0 radical (unpaired) electrons. The number of nitrogens with one attached hydrogen (secondary N) is 1. The van der Waals surface area contributed by atoms with Gasteiger partial charge in [-0.2, -0.15) is 0 Å². The highest BCUT2D eigenvalue weighted by Gasteiger charge is 2.32. The molecule has 1 atom stereocenters. The van der Waals surface area contributed by atoms with Crippen molar-refractivity contribution in [2.24, 2.45) is 5.73 Å². The third-order valence-electron chi connectivity index (χ3n) is 3.54. The minimum absolute atomic E-state index is 0.126. The Bertz CT molecular complexity index is 288. The normalized spacial score (nSPS) is 21.7. The van der Waals surface area contributed by atoms with Gasteiger partial charge in [0.15, 0.2) is 0 Å². The number of aromatic amines is 1. The lowest BCUT2D eigenvalue weighted by Gasteiger charge is -2.37. The zero-order chi connectivity index (χ0) is 10.7. The zero-order valence-electron chi connectivity index (χ0n) is 9.50. The van der Waals surface area contributed by atoms with Crippen LogP contribution in [0.4, 0.5) is 0 Å². The predicted molar refractivity (Wildman–Crippen MR) is 62.8 cm³/mol. The molecule has 1 saturated heterocycles. The number of nitrogens with two attached hydrogens (primary N) is 1. The third kappa shape index (κ3) is 2.24. The Kier molecular flexibility index (Phi) is 3.12. The fourth-order valence-corrected chi connectivity index (χ4v) is 2.46. The van der Waals surface area contributed by atoms with Gasteiger partial charge >= 0.3 is 0 Å². The van der Waals surface area contributed by atoms with Crippen LogP contribution in [0.1, 0.15) is 25.5 Å². The smallest absolute Gasteiger partial charge is 0.0358 e. The van der Waals surface area contributed by atoms with Crippen LogP contribution in [0.3, 0.4) is 0 Å². The molecule has 1 aromatic heterocycles. The van der Waals surface area contributed by atoms with Crippen molar-refractivity contribution in [2.45, 2.75) is 31.7 Å². The van der Waals surface area contributed by atoms with Crippen molar-refractivity contribution in [3.8, 4) is 0 Å². The summed E-state index contributed by atoms with van der Waals surface area (Å²) in [6.07, 6.45) is 5.65. The van der Waals surface area contributed by atoms with Gasteiger partial charge < -0.3 is 10.7 Å². The molecule has 0 aliphatic carbocycles. The molecule has 1 aromatic rings. The maximum atomic E-state index is 5.95. The van der Waals surface area contributed by atoms with E-state index < -0.39 is 0 Å². The quantitative estimate of drug-likeness (QED) is 0.783. The lowest BCUT2D eigenvalue weighted by molar-refractivity contribution is 0.142. The molecule has 1 aliphatic heterocycles. The fourth-order valence-electron chi connectivity index (χ4n) is 2.46. The van der Waals surface area contributed by atoms with Crippen molar-refractivity contribution in [3.63, 3.8) is 0 Å². The van der Waals surface area contributed by atoms with Crippen LogP contribution in [0.5, 0.6) is 0 Å². The first-order valence-corrected chi connectivity index (χ1v) is 5.82. The first-order valence-electron chi connectivity index (χ1n) is 5.82. The predicted octanol–water partition coefficient (Wildman–Crippen LogP) is 1.37. The number of likely N-dealkylation sites (tertiary alicyclic amines) is 1. The Morgan fingerprint density at radius 1 is 1.47 bits per heavy atom. The summed E-state index contributed by atoms with van der Waals surface area (Å²) in [4.78, 5) is 5.80. The molecular formula is C12H21N3. The van der Waals surface area contributed by atoms with E-state index in [9.17, 15) is 0 Å². The van der Waals surface area contributed by atoms with E-state index in [-0.39, 0.29) is 5.54 Å². The SMILES string of the molecule is CC(CN)(Cc1ccc[nH]1)N1CCCC1. The Balaban J connectivity index is 2.06. The van der Waals surface area contributed by atoms with E-state index in [4.69, 9.17) is 5.73 Å². The first-order chi connectivity index (χ1) is 7.24. The maximum absolute atomic E-state index is 5.95. The standard InChI is InChI=1S/C12H21N3/c1-12(10-13,15-7-2-3-8-15)9-11-5-4-6-14-11/h4-6,14H,2-3,7-10,13H2,1H3. The zero-order valence-corrected chi connectivity index (χ0v) is 9.50. The second kappa shape index (κ2) is 4.37. The second-order valence-corrected chi connectivity index (χ2v) is 4.77. The van der Waals surface area contributed by atoms with Crippen molar-refractivity contribution in [3.05, 3.63) is 24.0 Å². The third-order valence-corrected chi connectivity index (χ3v) is 3.54. The Hall–Kier alpha value is -0.800. The molecule has 0 aromatic carbocycles. The van der Waals surface area contributed by atoms with Crippen molar-refractivity contribution >= 4 is 0 Å². The number of hydrogen-bond acceptors (Lipinski definition) is 2. The molecule has 0 amide bonds. The van der Waals surface area contributed by atoms with E-state index in [0.717, 1.165) is 13.0 Å². The van der Waals surface area contributed by atoms with Crippen LogP contribution < -0.4 is 5.73 Å². The van der Waals surface area contributed by atoms with Gasteiger partial charge in [0.25, 0.3) is 0 Å². The molecule has 15 heavy (non-hydrogen) atoms. The number of hydrogen-bond donors (Lipinski definition) is 2. The summed E-state index contributed by atoms with van der Waals surface area (Å²) in [5.41, 5.74) is 7.36. The van der Waals surface area contributed by atoms with Gasteiger partial charge in [-0.05, 0) is 45.0 Å². The molecule has 0 saturated carbocycles. The molecule has 3 nitrogen and oxygen atoms in total. The van der Waals surface area contributed by atoms with Crippen LogP contribution in [0.25, 0.3) is 0 Å².